The van der Waals surface area contributed by atoms with Crippen molar-refractivity contribution in [3.05, 3.63) is 36.0 Å². The SMILES string of the molecule is COc1cccc(C(=CN(C)C)C(=O)C2CCN(C(=O)OC(C)(C)C)CC2)c1. The van der Waals surface area contributed by atoms with Gasteiger partial charge in [-0.2, -0.15) is 0 Å². The Hall–Kier alpha value is -2.50. The highest BCUT2D eigenvalue weighted by Crippen LogP contribution is 2.29. The van der Waals surface area contributed by atoms with Gasteiger partial charge in [0.15, 0.2) is 5.78 Å². The third-order valence-electron chi connectivity index (χ3n) is 4.55. The largest absolute Gasteiger partial charge is 0.497 e. The van der Waals surface area contributed by atoms with Crippen LogP contribution in [0.2, 0.25) is 0 Å². The van der Waals surface area contributed by atoms with Crippen LogP contribution in [0, 0.1) is 5.92 Å². The minimum absolute atomic E-state index is 0.103. The molecule has 0 bridgehead atoms. The van der Waals surface area contributed by atoms with Crippen LogP contribution in [0.5, 0.6) is 5.75 Å². The molecule has 28 heavy (non-hydrogen) atoms. The van der Waals surface area contributed by atoms with Crippen LogP contribution in [0.3, 0.4) is 0 Å². The van der Waals surface area contributed by atoms with E-state index in [9.17, 15) is 9.59 Å². The van der Waals surface area contributed by atoms with E-state index in [1.807, 2.05) is 70.2 Å². The highest BCUT2D eigenvalue weighted by Gasteiger charge is 2.31. The summed E-state index contributed by atoms with van der Waals surface area (Å²) in [5.74, 6) is 0.705. The number of hydrogen-bond acceptors (Lipinski definition) is 5. The quantitative estimate of drug-likeness (QED) is 0.718. The smallest absolute Gasteiger partial charge is 0.410 e. The zero-order valence-corrected chi connectivity index (χ0v) is 17.8. The lowest BCUT2D eigenvalue weighted by Crippen LogP contribution is -2.43. The number of likely N-dealkylation sites (tertiary alicyclic amines) is 1. The maximum Gasteiger partial charge on any atom is 0.410 e. The molecule has 0 aromatic heterocycles. The van der Waals surface area contributed by atoms with E-state index in [1.54, 1.807) is 12.0 Å². The Bertz CT molecular complexity index is 726. The minimum Gasteiger partial charge on any atom is -0.497 e. The number of amides is 1. The van der Waals surface area contributed by atoms with Gasteiger partial charge in [0.25, 0.3) is 0 Å². The lowest BCUT2D eigenvalue weighted by Gasteiger charge is -2.33. The summed E-state index contributed by atoms with van der Waals surface area (Å²) in [6.07, 6.45) is 2.81. The summed E-state index contributed by atoms with van der Waals surface area (Å²) in [5, 5.41) is 0. The molecule has 1 aromatic rings. The van der Waals surface area contributed by atoms with Crippen LogP contribution in [0.4, 0.5) is 4.79 Å². The van der Waals surface area contributed by atoms with E-state index in [4.69, 9.17) is 9.47 Å². The average molecular weight is 389 g/mol. The molecule has 2 rings (SSSR count). The number of piperidine rings is 1. The van der Waals surface area contributed by atoms with Crippen molar-refractivity contribution >= 4 is 17.4 Å². The number of nitrogens with zero attached hydrogens (tertiary/aromatic N) is 2. The molecule has 0 radical (unpaired) electrons. The van der Waals surface area contributed by atoms with Crippen LogP contribution >= 0.6 is 0 Å². The molecule has 1 amide bonds. The van der Waals surface area contributed by atoms with Crippen molar-refractivity contribution in [3.63, 3.8) is 0 Å². The number of Topliss-reactive ketones (excluding diaryl/α,β-unsaturated/α-hetero) is 1. The highest BCUT2D eigenvalue weighted by molar-refractivity contribution is 6.21. The second-order valence-corrected chi connectivity index (χ2v) is 8.34. The van der Waals surface area contributed by atoms with Gasteiger partial charge in [-0.3, -0.25) is 4.79 Å². The third kappa shape index (κ3) is 6.01. The Morgan fingerprint density at radius 1 is 1.18 bits per heavy atom. The summed E-state index contributed by atoms with van der Waals surface area (Å²) in [6.45, 7) is 6.62. The van der Waals surface area contributed by atoms with Crippen LogP contribution in [-0.2, 0) is 9.53 Å². The number of ketones is 1. The molecule has 1 heterocycles. The number of ether oxygens (including phenoxy) is 2. The Balaban J connectivity index is 2.11. The normalized spacial score (nSPS) is 15.9. The van der Waals surface area contributed by atoms with E-state index in [2.05, 4.69) is 0 Å². The van der Waals surface area contributed by atoms with Crippen LogP contribution in [0.25, 0.3) is 5.57 Å². The molecule has 6 nitrogen and oxygen atoms in total. The molecule has 1 fully saturated rings. The summed E-state index contributed by atoms with van der Waals surface area (Å²) in [6, 6.07) is 7.55. The van der Waals surface area contributed by atoms with Gasteiger partial charge in [0.2, 0.25) is 0 Å². The van der Waals surface area contributed by atoms with Gasteiger partial charge in [-0.25, -0.2) is 4.79 Å². The predicted molar refractivity (Wildman–Crippen MR) is 110 cm³/mol. The molecule has 0 saturated carbocycles. The fourth-order valence-corrected chi connectivity index (χ4v) is 3.20. The molecule has 0 N–H and O–H groups in total. The molecule has 154 valence electrons. The fourth-order valence-electron chi connectivity index (χ4n) is 3.20. The monoisotopic (exact) mass is 388 g/mol. The Kier molecular flexibility index (Phi) is 7.11. The van der Waals surface area contributed by atoms with Crippen molar-refractivity contribution < 1.29 is 19.1 Å². The number of methoxy groups -OCH3 is 1. The van der Waals surface area contributed by atoms with Gasteiger partial charge in [0.05, 0.1) is 7.11 Å². The van der Waals surface area contributed by atoms with Crippen molar-refractivity contribution in [1.29, 1.82) is 0 Å². The Morgan fingerprint density at radius 3 is 2.36 bits per heavy atom. The number of allylic oxidation sites excluding steroid dienone is 1. The first-order valence-electron chi connectivity index (χ1n) is 9.65. The molecule has 1 saturated heterocycles. The molecule has 1 aromatic carbocycles. The van der Waals surface area contributed by atoms with Gasteiger partial charge in [0, 0.05) is 44.9 Å². The zero-order chi connectivity index (χ0) is 20.9. The molecular weight excluding hydrogens is 356 g/mol. The Morgan fingerprint density at radius 2 is 1.82 bits per heavy atom. The van der Waals surface area contributed by atoms with Gasteiger partial charge in [0.1, 0.15) is 11.4 Å². The van der Waals surface area contributed by atoms with E-state index < -0.39 is 5.60 Å². The number of hydrogen-bond donors (Lipinski definition) is 0. The van der Waals surface area contributed by atoms with E-state index in [0.29, 0.717) is 31.5 Å². The second kappa shape index (κ2) is 9.13. The maximum absolute atomic E-state index is 13.3. The molecular formula is C22H32N2O4. The molecule has 1 aliphatic rings. The van der Waals surface area contributed by atoms with Gasteiger partial charge >= 0.3 is 6.09 Å². The second-order valence-electron chi connectivity index (χ2n) is 8.34. The average Bonchev–Trinajstić information content (AvgIpc) is 2.64. The number of benzene rings is 1. The molecule has 6 heteroatoms. The lowest BCUT2D eigenvalue weighted by molar-refractivity contribution is -0.118. The van der Waals surface area contributed by atoms with E-state index >= 15 is 0 Å². The summed E-state index contributed by atoms with van der Waals surface area (Å²) in [7, 11) is 5.42. The van der Waals surface area contributed by atoms with Crippen LogP contribution in [0.1, 0.15) is 39.2 Å². The van der Waals surface area contributed by atoms with E-state index in [1.165, 1.54) is 0 Å². The van der Waals surface area contributed by atoms with Gasteiger partial charge < -0.3 is 19.3 Å². The zero-order valence-electron chi connectivity index (χ0n) is 17.8. The van der Waals surface area contributed by atoms with Gasteiger partial charge in [-0.1, -0.05) is 12.1 Å². The lowest BCUT2D eigenvalue weighted by atomic mass is 9.86. The first kappa shape index (κ1) is 21.8. The van der Waals surface area contributed by atoms with Crippen molar-refractivity contribution in [2.45, 2.75) is 39.2 Å². The molecule has 1 aliphatic heterocycles. The fraction of sp³-hybridized carbons (Fsp3) is 0.545. The predicted octanol–water partition coefficient (Wildman–Crippen LogP) is 3.81. The van der Waals surface area contributed by atoms with Crippen LogP contribution < -0.4 is 4.74 Å². The third-order valence-corrected chi connectivity index (χ3v) is 4.55. The first-order chi connectivity index (χ1) is 13.1. The van der Waals surface area contributed by atoms with Gasteiger partial charge in [-0.05, 0) is 51.3 Å². The van der Waals surface area contributed by atoms with Crippen molar-refractivity contribution in [2.24, 2.45) is 5.92 Å². The topological polar surface area (TPSA) is 59.1 Å². The highest BCUT2D eigenvalue weighted by atomic mass is 16.6. The summed E-state index contributed by atoms with van der Waals surface area (Å²) in [4.78, 5) is 29.1. The van der Waals surface area contributed by atoms with Crippen molar-refractivity contribution in [2.75, 3.05) is 34.3 Å². The minimum atomic E-state index is -0.516. The van der Waals surface area contributed by atoms with Crippen LogP contribution in [-0.4, -0.2) is 61.6 Å². The Labute approximate surface area is 168 Å². The number of rotatable bonds is 5. The standard InChI is InChI=1S/C22H32N2O4/c1-22(2,3)28-21(26)24-12-10-16(11-13-24)20(25)19(15-23(4)5)17-8-7-9-18(14-17)27-6/h7-9,14-16H,10-13H2,1-6H3. The van der Waals surface area contributed by atoms with Crippen LogP contribution in [0.15, 0.2) is 30.5 Å². The van der Waals surface area contributed by atoms with Crippen molar-refractivity contribution in [1.82, 2.24) is 9.80 Å². The molecule has 0 unspecified atom stereocenters. The van der Waals surface area contributed by atoms with E-state index in [-0.39, 0.29) is 17.8 Å². The first-order valence-corrected chi connectivity index (χ1v) is 9.65. The number of carbonyl (C=O) groups excluding carboxylic acids is 2. The summed E-state index contributed by atoms with van der Waals surface area (Å²) >= 11 is 0. The van der Waals surface area contributed by atoms with Gasteiger partial charge in [-0.15, -0.1) is 0 Å². The van der Waals surface area contributed by atoms with E-state index in [0.717, 1.165) is 11.3 Å². The summed E-state index contributed by atoms with van der Waals surface area (Å²) in [5.41, 5.74) is 0.991. The number of carbonyl (C=O) groups is 2. The maximum atomic E-state index is 13.3. The molecule has 0 aliphatic carbocycles. The summed E-state index contributed by atoms with van der Waals surface area (Å²) < 4.78 is 10.7. The molecule has 0 spiro atoms. The molecule has 0 atom stereocenters. The van der Waals surface area contributed by atoms with Crippen molar-refractivity contribution in [3.8, 4) is 5.75 Å².